The van der Waals surface area contributed by atoms with Gasteiger partial charge < -0.3 is 15.0 Å². The Kier molecular flexibility index (Phi) is 7.26. The van der Waals surface area contributed by atoms with Gasteiger partial charge in [-0.15, -0.1) is 0 Å². The molecule has 1 aromatic rings. The zero-order chi connectivity index (χ0) is 22.8. The van der Waals surface area contributed by atoms with Gasteiger partial charge in [-0.2, -0.15) is 4.31 Å². The third-order valence-electron chi connectivity index (χ3n) is 6.04. The number of fused-ring (bicyclic) bond motifs is 1. The first-order valence-corrected chi connectivity index (χ1v) is 12.5. The summed E-state index contributed by atoms with van der Waals surface area (Å²) >= 11 is 0. The average Bonchev–Trinajstić information content (AvgIpc) is 2.76. The summed E-state index contributed by atoms with van der Waals surface area (Å²) in [4.78, 5) is 26.7. The zero-order valence-electron chi connectivity index (χ0n) is 18.8. The van der Waals surface area contributed by atoms with E-state index in [1.165, 1.54) is 10.4 Å². The number of anilines is 1. The molecule has 0 radical (unpaired) electrons. The summed E-state index contributed by atoms with van der Waals surface area (Å²) in [5.41, 5.74) is 1.02. The van der Waals surface area contributed by atoms with E-state index in [4.69, 9.17) is 4.74 Å². The highest BCUT2D eigenvalue weighted by Crippen LogP contribution is 2.36. The summed E-state index contributed by atoms with van der Waals surface area (Å²) in [6.45, 7) is 6.87. The van der Waals surface area contributed by atoms with Crippen LogP contribution in [0.15, 0.2) is 17.0 Å². The van der Waals surface area contributed by atoms with Crippen LogP contribution < -0.4 is 10.1 Å². The number of amides is 2. The van der Waals surface area contributed by atoms with E-state index in [-0.39, 0.29) is 29.2 Å². The van der Waals surface area contributed by atoms with Gasteiger partial charge in [-0.25, -0.2) is 8.42 Å². The number of unbranched alkanes of at least 4 members (excludes halogenated alkanes) is 1. The number of nitrogens with zero attached hydrogens (tertiary/aromatic N) is 2. The second kappa shape index (κ2) is 9.56. The summed E-state index contributed by atoms with van der Waals surface area (Å²) in [7, 11) is -2.02. The van der Waals surface area contributed by atoms with Gasteiger partial charge in [0.1, 0.15) is 5.75 Å². The Bertz CT molecular complexity index is 947. The average molecular weight is 452 g/mol. The second-order valence-corrected chi connectivity index (χ2v) is 10.3. The Morgan fingerprint density at radius 1 is 1.32 bits per heavy atom. The predicted molar refractivity (Wildman–Crippen MR) is 119 cm³/mol. The molecule has 172 valence electrons. The number of piperidine rings is 1. The van der Waals surface area contributed by atoms with Gasteiger partial charge in [0.2, 0.25) is 15.9 Å². The maximum atomic E-state index is 13.5. The molecule has 2 heterocycles. The lowest BCUT2D eigenvalue weighted by molar-refractivity contribution is -0.135. The minimum absolute atomic E-state index is 0.00680. The van der Waals surface area contributed by atoms with E-state index in [0.29, 0.717) is 49.4 Å². The fourth-order valence-corrected chi connectivity index (χ4v) is 5.90. The molecule has 0 aromatic heterocycles. The molecule has 0 aliphatic carbocycles. The van der Waals surface area contributed by atoms with Crippen LogP contribution in [0.3, 0.4) is 0 Å². The number of sulfonamides is 1. The first-order valence-electron chi connectivity index (χ1n) is 11.1. The SMILES string of the molecule is CCCCN(C)C(=O)[C@@H]1CCCN(S(=O)(=O)c2cc3c(cc2C)NC(=O)[C@H](CC)O3)C1. The molecule has 0 spiro atoms. The van der Waals surface area contributed by atoms with Crippen LogP contribution in [0.25, 0.3) is 0 Å². The van der Waals surface area contributed by atoms with Crippen LogP contribution in [-0.2, 0) is 19.6 Å². The molecular weight excluding hydrogens is 418 g/mol. The van der Waals surface area contributed by atoms with E-state index in [1.807, 2.05) is 6.92 Å². The van der Waals surface area contributed by atoms with Crippen molar-refractivity contribution in [2.75, 3.05) is 32.0 Å². The molecule has 1 fully saturated rings. The lowest BCUT2D eigenvalue weighted by Gasteiger charge is -2.34. The number of carbonyl (C=O) groups excluding carboxylic acids is 2. The molecule has 2 amide bonds. The number of aryl methyl sites for hydroxylation is 1. The highest BCUT2D eigenvalue weighted by atomic mass is 32.2. The third-order valence-corrected chi connectivity index (χ3v) is 8.05. The minimum Gasteiger partial charge on any atom is -0.478 e. The number of hydrogen-bond acceptors (Lipinski definition) is 5. The van der Waals surface area contributed by atoms with Crippen molar-refractivity contribution >= 4 is 27.5 Å². The molecule has 2 aliphatic heterocycles. The molecule has 2 atom stereocenters. The molecule has 0 unspecified atom stereocenters. The highest BCUT2D eigenvalue weighted by molar-refractivity contribution is 7.89. The first-order chi connectivity index (χ1) is 14.7. The van der Waals surface area contributed by atoms with E-state index in [9.17, 15) is 18.0 Å². The fourth-order valence-electron chi connectivity index (χ4n) is 4.15. The molecule has 1 N–H and O–H groups in total. The number of rotatable bonds is 7. The van der Waals surface area contributed by atoms with Crippen molar-refractivity contribution in [3.05, 3.63) is 17.7 Å². The van der Waals surface area contributed by atoms with Crippen molar-refractivity contribution < 1.29 is 22.7 Å². The van der Waals surface area contributed by atoms with Gasteiger partial charge in [0.25, 0.3) is 5.91 Å². The monoisotopic (exact) mass is 451 g/mol. The number of ether oxygens (including phenoxy) is 1. The van der Waals surface area contributed by atoms with E-state index in [0.717, 1.165) is 12.8 Å². The van der Waals surface area contributed by atoms with Gasteiger partial charge in [-0.1, -0.05) is 20.3 Å². The van der Waals surface area contributed by atoms with Gasteiger partial charge in [0.05, 0.1) is 16.5 Å². The number of nitrogens with one attached hydrogen (secondary N) is 1. The van der Waals surface area contributed by atoms with Gasteiger partial charge in [-0.05, 0) is 44.2 Å². The van der Waals surface area contributed by atoms with Crippen LogP contribution >= 0.6 is 0 Å². The van der Waals surface area contributed by atoms with Crippen molar-refractivity contribution in [1.82, 2.24) is 9.21 Å². The van der Waals surface area contributed by atoms with Crippen molar-refractivity contribution in [2.24, 2.45) is 5.92 Å². The fraction of sp³-hybridized carbons (Fsp3) is 0.636. The minimum atomic E-state index is -3.80. The maximum absolute atomic E-state index is 13.5. The Balaban J connectivity index is 1.83. The lowest BCUT2D eigenvalue weighted by atomic mass is 9.98. The van der Waals surface area contributed by atoms with Crippen molar-refractivity contribution in [3.63, 3.8) is 0 Å². The van der Waals surface area contributed by atoms with Crippen molar-refractivity contribution in [2.45, 2.75) is 63.9 Å². The Morgan fingerprint density at radius 2 is 2.06 bits per heavy atom. The standard InChI is InChI=1S/C22H33N3O5S/c1-5-7-10-24(4)22(27)16-9-8-11-25(14-16)31(28,29)20-13-19-17(12-15(20)3)23-21(26)18(6-2)30-19/h12-13,16,18H,5-11,14H2,1-4H3,(H,23,26)/t16-,18+/m1/s1. The third kappa shape index (κ3) is 4.87. The molecule has 31 heavy (non-hydrogen) atoms. The quantitative estimate of drug-likeness (QED) is 0.688. The van der Waals surface area contributed by atoms with Crippen LogP contribution in [0.5, 0.6) is 5.75 Å². The second-order valence-electron chi connectivity index (χ2n) is 8.43. The summed E-state index contributed by atoms with van der Waals surface area (Å²) in [6, 6.07) is 3.14. The summed E-state index contributed by atoms with van der Waals surface area (Å²) < 4.78 is 34.1. The molecule has 3 rings (SSSR count). The molecule has 1 aromatic carbocycles. The van der Waals surface area contributed by atoms with Crippen molar-refractivity contribution in [1.29, 1.82) is 0 Å². The van der Waals surface area contributed by atoms with E-state index >= 15 is 0 Å². The summed E-state index contributed by atoms with van der Waals surface area (Å²) in [5.74, 6) is -0.190. The van der Waals surface area contributed by atoms with Gasteiger partial charge in [0, 0.05) is 32.7 Å². The first kappa shape index (κ1) is 23.5. The largest absolute Gasteiger partial charge is 0.478 e. The molecule has 0 bridgehead atoms. The lowest BCUT2D eigenvalue weighted by Crippen LogP contribution is -2.46. The topological polar surface area (TPSA) is 96.0 Å². The van der Waals surface area contributed by atoms with Gasteiger partial charge in [0.15, 0.2) is 6.10 Å². The van der Waals surface area contributed by atoms with Crippen LogP contribution in [-0.4, -0.2) is 62.2 Å². The molecular formula is C22H33N3O5S. The summed E-state index contributed by atoms with van der Waals surface area (Å²) in [5, 5.41) is 2.79. The van der Waals surface area contributed by atoms with Crippen LogP contribution in [0.1, 0.15) is 51.5 Å². The molecule has 8 nitrogen and oxygen atoms in total. The molecule has 9 heteroatoms. The van der Waals surface area contributed by atoms with Crippen LogP contribution in [0.2, 0.25) is 0 Å². The number of carbonyl (C=O) groups is 2. The Hall–Kier alpha value is -2.13. The maximum Gasteiger partial charge on any atom is 0.265 e. The number of hydrogen-bond donors (Lipinski definition) is 1. The Labute approximate surface area is 185 Å². The van der Waals surface area contributed by atoms with Crippen LogP contribution in [0, 0.1) is 12.8 Å². The highest BCUT2D eigenvalue weighted by Gasteiger charge is 2.36. The smallest absolute Gasteiger partial charge is 0.265 e. The van der Waals surface area contributed by atoms with E-state index in [1.54, 1.807) is 24.9 Å². The Morgan fingerprint density at radius 3 is 2.74 bits per heavy atom. The number of benzene rings is 1. The molecule has 0 saturated carbocycles. The van der Waals surface area contributed by atoms with Crippen molar-refractivity contribution in [3.8, 4) is 5.75 Å². The van der Waals surface area contributed by atoms with Crippen LogP contribution in [0.4, 0.5) is 5.69 Å². The summed E-state index contributed by atoms with van der Waals surface area (Å²) in [6.07, 6.45) is 3.12. The predicted octanol–water partition coefficient (Wildman–Crippen LogP) is 2.76. The molecule has 1 saturated heterocycles. The normalized spacial score (nSPS) is 21.7. The molecule has 2 aliphatic rings. The van der Waals surface area contributed by atoms with Gasteiger partial charge in [-0.3, -0.25) is 9.59 Å². The van der Waals surface area contributed by atoms with E-state index in [2.05, 4.69) is 12.2 Å². The zero-order valence-corrected chi connectivity index (χ0v) is 19.6. The van der Waals surface area contributed by atoms with Gasteiger partial charge >= 0.3 is 0 Å². The van der Waals surface area contributed by atoms with E-state index < -0.39 is 16.1 Å².